The molecule has 0 saturated heterocycles. The fourth-order valence-corrected chi connectivity index (χ4v) is 4.06. The van der Waals surface area contributed by atoms with E-state index < -0.39 is 5.41 Å². The van der Waals surface area contributed by atoms with Gasteiger partial charge in [0.2, 0.25) is 11.7 Å². The van der Waals surface area contributed by atoms with Crippen LogP contribution in [0.1, 0.15) is 31.9 Å². The van der Waals surface area contributed by atoms with Crippen molar-refractivity contribution in [1.82, 2.24) is 0 Å². The van der Waals surface area contributed by atoms with Crippen LogP contribution in [0.15, 0.2) is 36.4 Å². The number of anilines is 1. The van der Waals surface area contributed by atoms with E-state index in [1.54, 1.807) is 21.3 Å². The van der Waals surface area contributed by atoms with Crippen LogP contribution in [0.3, 0.4) is 0 Å². The van der Waals surface area contributed by atoms with Crippen LogP contribution in [-0.4, -0.2) is 33.8 Å². The predicted molar refractivity (Wildman–Crippen MR) is 111 cm³/mol. The van der Waals surface area contributed by atoms with E-state index in [-0.39, 0.29) is 5.91 Å². The molecule has 28 heavy (non-hydrogen) atoms. The number of para-hydroxylation sites is 1. The number of benzene rings is 2. The molecule has 1 atom stereocenters. The molecule has 0 bridgehead atoms. The first-order valence-electron chi connectivity index (χ1n) is 9.56. The van der Waals surface area contributed by atoms with E-state index in [4.69, 9.17) is 14.2 Å². The Morgan fingerprint density at radius 3 is 2.14 bits per heavy atom. The molecule has 0 aliphatic carbocycles. The zero-order chi connectivity index (χ0) is 20.5. The first-order valence-corrected chi connectivity index (χ1v) is 9.56. The van der Waals surface area contributed by atoms with Gasteiger partial charge < -0.3 is 19.1 Å². The molecular formula is C23H29NO4. The predicted octanol–water partition coefficient (Wildman–Crippen LogP) is 4.22. The Morgan fingerprint density at radius 1 is 1.00 bits per heavy atom. The van der Waals surface area contributed by atoms with Gasteiger partial charge >= 0.3 is 0 Å². The summed E-state index contributed by atoms with van der Waals surface area (Å²) >= 11 is 0. The van der Waals surface area contributed by atoms with E-state index in [2.05, 4.69) is 19.9 Å². The Hall–Kier alpha value is -2.69. The molecule has 1 unspecified atom stereocenters. The number of amides is 1. The summed E-state index contributed by atoms with van der Waals surface area (Å²) in [7, 11) is 4.79. The smallest absolute Gasteiger partial charge is 0.237 e. The largest absolute Gasteiger partial charge is 0.493 e. The van der Waals surface area contributed by atoms with Crippen LogP contribution >= 0.6 is 0 Å². The normalized spacial score (nSPS) is 18.4. The first-order chi connectivity index (χ1) is 13.3. The fraction of sp³-hybridized carbons (Fsp3) is 0.435. The summed E-state index contributed by atoms with van der Waals surface area (Å²) in [4.78, 5) is 15.4. The molecule has 5 heteroatoms. The summed E-state index contributed by atoms with van der Waals surface area (Å²) < 4.78 is 16.4. The van der Waals surface area contributed by atoms with Gasteiger partial charge in [-0.25, -0.2) is 0 Å². The minimum absolute atomic E-state index is 0.135. The number of rotatable bonds is 7. The van der Waals surface area contributed by atoms with Crippen molar-refractivity contribution < 1.29 is 19.0 Å². The van der Waals surface area contributed by atoms with E-state index in [0.717, 1.165) is 16.8 Å². The molecule has 1 amide bonds. The van der Waals surface area contributed by atoms with E-state index in [0.29, 0.717) is 36.1 Å². The van der Waals surface area contributed by atoms with Crippen molar-refractivity contribution >= 4 is 11.6 Å². The molecule has 1 heterocycles. The van der Waals surface area contributed by atoms with Crippen molar-refractivity contribution in [2.45, 2.75) is 32.6 Å². The number of methoxy groups -OCH3 is 3. The second-order valence-corrected chi connectivity index (χ2v) is 7.87. The fourth-order valence-electron chi connectivity index (χ4n) is 4.06. The second kappa shape index (κ2) is 7.74. The molecule has 0 spiro atoms. The minimum atomic E-state index is -0.643. The molecule has 1 aliphatic rings. The van der Waals surface area contributed by atoms with Gasteiger partial charge in [0.05, 0.1) is 26.7 Å². The highest BCUT2D eigenvalue weighted by molar-refractivity contribution is 6.08. The maximum Gasteiger partial charge on any atom is 0.237 e. The van der Waals surface area contributed by atoms with Crippen LogP contribution in [-0.2, 0) is 16.6 Å². The molecule has 0 aromatic heterocycles. The van der Waals surface area contributed by atoms with Crippen molar-refractivity contribution in [1.29, 1.82) is 0 Å². The topological polar surface area (TPSA) is 48.0 Å². The highest BCUT2D eigenvalue weighted by Gasteiger charge is 2.47. The van der Waals surface area contributed by atoms with E-state index >= 15 is 0 Å². The lowest BCUT2D eigenvalue weighted by Crippen LogP contribution is -2.41. The second-order valence-electron chi connectivity index (χ2n) is 7.87. The number of hydrogen-bond acceptors (Lipinski definition) is 4. The Bertz CT molecular complexity index is 852. The van der Waals surface area contributed by atoms with Gasteiger partial charge in [-0.15, -0.1) is 0 Å². The molecule has 3 rings (SSSR count). The van der Waals surface area contributed by atoms with Gasteiger partial charge in [0.15, 0.2) is 11.5 Å². The molecule has 1 aliphatic heterocycles. The van der Waals surface area contributed by atoms with Gasteiger partial charge in [0, 0.05) is 12.2 Å². The van der Waals surface area contributed by atoms with Crippen molar-refractivity contribution in [3.63, 3.8) is 0 Å². The minimum Gasteiger partial charge on any atom is -0.493 e. The third-order valence-electron chi connectivity index (χ3n) is 5.34. The number of carbonyl (C=O) groups excluding carboxylic acids is 1. The molecule has 150 valence electrons. The monoisotopic (exact) mass is 383 g/mol. The zero-order valence-electron chi connectivity index (χ0n) is 17.5. The third-order valence-corrected chi connectivity index (χ3v) is 5.34. The average Bonchev–Trinajstić information content (AvgIpc) is 2.89. The van der Waals surface area contributed by atoms with E-state index in [1.807, 2.05) is 42.2 Å². The van der Waals surface area contributed by atoms with Gasteiger partial charge in [-0.1, -0.05) is 32.0 Å². The maximum atomic E-state index is 13.5. The Labute approximate surface area is 167 Å². The number of ether oxygens (including phenoxy) is 3. The zero-order valence-corrected chi connectivity index (χ0v) is 17.5. The highest BCUT2D eigenvalue weighted by atomic mass is 16.5. The Balaban J connectivity index is 2.05. The summed E-state index contributed by atoms with van der Waals surface area (Å²) in [6, 6.07) is 11.9. The summed E-state index contributed by atoms with van der Waals surface area (Å²) in [5.74, 6) is 2.27. The van der Waals surface area contributed by atoms with Crippen LogP contribution in [0.2, 0.25) is 0 Å². The lowest BCUT2D eigenvalue weighted by atomic mass is 9.78. The molecule has 0 fully saturated rings. The van der Waals surface area contributed by atoms with Gasteiger partial charge in [0.1, 0.15) is 0 Å². The van der Waals surface area contributed by atoms with E-state index in [1.165, 1.54) is 0 Å². The van der Waals surface area contributed by atoms with Crippen molar-refractivity contribution in [2.75, 3.05) is 32.8 Å². The third kappa shape index (κ3) is 3.30. The maximum absolute atomic E-state index is 13.5. The van der Waals surface area contributed by atoms with Crippen LogP contribution in [0.5, 0.6) is 17.2 Å². The number of fused-ring (bicyclic) bond motifs is 1. The van der Waals surface area contributed by atoms with Gasteiger partial charge in [-0.2, -0.15) is 0 Å². The molecule has 0 saturated carbocycles. The first kappa shape index (κ1) is 20.1. The number of carbonyl (C=O) groups is 1. The van der Waals surface area contributed by atoms with Gasteiger partial charge in [0.25, 0.3) is 0 Å². The SMILES string of the molecule is COc1cc(CC2(C)C(=O)N(CC(C)C)c3ccccc32)cc(OC)c1OC. The highest BCUT2D eigenvalue weighted by Crippen LogP contribution is 2.46. The quantitative estimate of drug-likeness (QED) is 0.718. The van der Waals surface area contributed by atoms with Crippen molar-refractivity contribution in [3.8, 4) is 17.2 Å². The number of hydrogen-bond donors (Lipinski definition) is 0. The van der Waals surface area contributed by atoms with Crippen molar-refractivity contribution in [2.24, 2.45) is 5.92 Å². The Morgan fingerprint density at radius 2 is 1.61 bits per heavy atom. The van der Waals surface area contributed by atoms with Crippen LogP contribution < -0.4 is 19.1 Å². The van der Waals surface area contributed by atoms with Gasteiger partial charge in [-0.05, 0) is 48.6 Å². The summed E-state index contributed by atoms with van der Waals surface area (Å²) in [6.45, 7) is 6.99. The molecule has 2 aromatic carbocycles. The van der Waals surface area contributed by atoms with Crippen molar-refractivity contribution in [3.05, 3.63) is 47.5 Å². The molecule has 5 nitrogen and oxygen atoms in total. The molecular weight excluding hydrogens is 354 g/mol. The Kier molecular flexibility index (Phi) is 5.54. The van der Waals surface area contributed by atoms with Crippen LogP contribution in [0.4, 0.5) is 5.69 Å². The summed E-state index contributed by atoms with van der Waals surface area (Å²) in [5.41, 5.74) is 2.40. The summed E-state index contributed by atoms with van der Waals surface area (Å²) in [6.07, 6.45) is 0.550. The average molecular weight is 383 g/mol. The lowest BCUT2D eigenvalue weighted by Gasteiger charge is -2.26. The molecule has 0 radical (unpaired) electrons. The lowest BCUT2D eigenvalue weighted by molar-refractivity contribution is -0.122. The standard InChI is InChI=1S/C23H29NO4/c1-15(2)14-24-18-10-8-7-9-17(18)23(3,22(24)25)13-16-11-19(26-4)21(28-6)20(12-16)27-5/h7-12,15H,13-14H2,1-6H3. The number of nitrogens with zero attached hydrogens (tertiary/aromatic N) is 1. The van der Waals surface area contributed by atoms with Crippen LogP contribution in [0.25, 0.3) is 0 Å². The van der Waals surface area contributed by atoms with Crippen LogP contribution in [0, 0.1) is 5.92 Å². The summed E-state index contributed by atoms with van der Waals surface area (Å²) in [5, 5.41) is 0. The molecule has 2 aromatic rings. The molecule has 0 N–H and O–H groups in total. The van der Waals surface area contributed by atoms with E-state index in [9.17, 15) is 4.79 Å². The van der Waals surface area contributed by atoms with Gasteiger partial charge in [-0.3, -0.25) is 4.79 Å².